The quantitative estimate of drug-likeness (QED) is 0.701. The summed E-state index contributed by atoms with van der Waals surface area (Å²) >= 11 is 0. The maximum atomic E-state index is 5.84. The molecule has 1 aliphatic rings. The highest BCUT2D eigenvalue weighted by Crippen LogP contribution is 2.35. The Labute approximate surface area is 130 Å². The largest absolute Gasteiger partial charge is 0.370 e. The van der Waals surface area contributed by atoms with Gasteiger partial charge in [-0.25, -0.2) is 4.98 Å². The molecule has 6 heteroatoms. The number of nitrogens with two attached hydrogens (primary N) is 2. The molecule has 0 unspecified atom stereocenters. The van der Waals surface area contributed by atoms with Crippen molar-refractivity contribution < 1.29 is 0 Å². The predicted molar refractivity (Wildman–Crippen MR) is 87.4 cm³/mol. The minimum absolute atomic E-state index is 0.303. The lowest BCUT2D eigenvalue weighted by atomic mass is 9.78. The van der Waals surface area contributed by atoms with Crippen LogP contribution >= 0.6 is 0 Å². The summed E-state index contributed by atoms with van der Waals surface area (Å²) in [4.78, 5) is 12.7. The Balaban J connectivity index is 1.52. The van der Waals surface area contributed by atoms with Gasteiger partial charge >= 0.3 is 0 Å². The van der Waals surface area contributed by atoms with Gasteiger partial charge in [0.05, 0.1) is 5.69 Å². The third-order valence-electron chi connectivity index (χ3n) is 4.03. The van der Waals surface area contributed by atoms with Crippen LogP contribution < -0.4 is 16.8 Å². The zero-order valence-corrected chi connectivity index (χ0v) is 12.6. The monoisotopic (exact) mass is 298 g/mol. The van der Waals surface area contributed by atoms with E-state index in [4.69, 9.17) is 11.5 Å². The fourth-order valence-corrected chi connectivity index (χ4v) is 2.74. The standard InChI is InChI=1S/C16H22N6/c17-13-7-12(8-13)14-9-15(22-16(18)21-14)20-6-2-4-11-3-1-5-19-10-11/h1,3,5,9-10,12-13H,2,4,6-8,17H2,(H3,18,20,21,22). The number of nitrogens with one attached hydrogen (secondary N) is 1. The van der Waals surface area contributed by atoms with Gasteiger partial charge in [-0.3, -0.25) is 4.98 Å². The summed E-state index contributed by atoms with van der Waals surface area (Å²) in [5.74, 6) is 1.55. The summed E-state index contributed by atoms with van der Waals surface area (Å²) < 4.78 is 0. The van der Waals surface area contributed by atoms with Gasteiger partial charge in [0.25, 0.3) is 0 Å². The van der Waals surface area contributed by atoms with Crippen LogP contribution in [0, 0.1) is 0 Å². The molecule has 1 saturated carbocycles. The molecule has 2 aromatic rings. The first kappa shape index (κ1) is 14.7. The molecule has 0 atom stereocenters. The van der Waals surface area contributed by atoms with Gasteiger partial charge in [-0.15, -0.1) is 0 Å². The molecule has 116 valence electrons. The van der Waals surface area contributed by atoms with Crippen LogP contribution in [-0.4, -0.2) is 27.5 Å². The van der Waals surface area contributed by atoms with E-state index in [1.165, 1.54) is 5.56 Å². The second kappa shape index (κ2) is 6.70. The number of rotatable bonds is 6. The summed E-state index contributed by atoms with van der Waals surface area (Å²) in [6, 6.07) is 6.35. The van der Waals surface area contributed by atoms with Crippen LogP contribution in [0.1, 0.15) is 36.4 Å². The molecule has 1 fully saturated rings. The maximum Gasteiger partial charge on any atom is 0.222 e. The highest BCUT2D eigenvalue weighted by Gasteiger charge is 2.28. The molecule has 6 nitrogen and oxygen atoms in total. The molecular weight excluding hydrogens is 276 g/mol. The fraction of sp³-hybridized carbons (Fsp3) is 0.438. The van der Waals surface area contributed by atoms with Gasteiger partial charge in [-0.1, -0.05) is 6.07 Å². The number of hydrogen-bond acceptors (Lipinski definition) is 6. The molecule has 1 aliphatic carbocycles. The third kappa shape index (κ3) is 3.71. The fourth-order valence-electron chi connectivity index (χ4n) is 2.74. The van der Waals surface area contributed by atoms with E-state index >= 15 is 0 Å². The molecule has 22 heavy (non-hydrogen) atoms. The van der Waals surface area contributed by atoms with Crippen molar-refractivity contribution in [2.24, 2.45) is 5.73 Å². The Hall–Kier alpha value is -2.21. The molecule has 5 N–H and O–H groups in total. The molecule has 0 spiro atoms. The third-order valence-corrected chi connectivity index (χ3v) is 4.03. The summed E-state index contributed by atoms with van der Waals surface area (Å²) in [7, 11) is 0. The molecule has 0 radical (unpaired) electrons. The van der Waals surface area contributed by atoms with E-state index in [9.17, 15) is 0 Å². The smallest absolute Gasteiger partial charge is 0.222 e. The number of anilines is 2. The molecule has 0 amide bonds. The van der Waals surface area contributed by atoms with Crippen LogP contribution in [0.4, 0.5) is 11.8 Å². The van der Waals surface area contributed by atoms with E-state index in [2.05, 4.69) is 26.3 Å². The van der Waals surface area contributed by atoms with Crippen molar-refractivity contribution in [3.8, 4) is 0 Å². The molecule has 0 bridgehead atoms. The number of nitrogens with zero attached hydrogens (tertiary/aromatic N) is 3. The summed E-state index contributed by atoms with van der Waals surface area (Å²) in [5, 5.41) is 3.33. The average Bonchev–Trinajstić information content (AvgIpc) is 2.49. The number of pyridine rings is 1. The van der Waals surface area contributed by atoms with Gasteiger partial charge in [-0.2, -0.15) is 4.98 Å². The highest BCUT2D eigenvalue weighted by molar-refractivity contribution is 5.42. The summed E-state index contributed by atoms with van der Waals surface area (Å²) in [6.45, 7) is 0.842. The predicted octanol–water partition coefficient (Wildman–Crippen LogP) is 1.70. The number of nitrogen functional groups attached to an aromatic ring is 1. The zero-order chi connectivity index (χ0) is 15.4. The van der Waals surface area contributed by atoms with E-state index in [0.717, 1.165) is 43.7 Å². The molecule has 0 aromatic carbocycles. The van der Waals surface area contributed by atoms with Crippen LogP contribution in [0.3, 0.4) is 0 Å². The Morgan fingerprint density at radius 3 is 2.86 bits per heavy atom. The minimum Gasteiger partial charge on any atom is -0.370 e. The molecule has 0 aliphatic heterocycles. The Kier molecular flexibility index (Phi) is 4.48. The van der Waals surface area contributed by atoms with Gasteiger partial charge in [0.2, 0.25) is 5.95 Å². The van der Waals surface area contributed by atoms with Crippen LogP contribution in [-0.2, 0) is 6.42 Å². The molecule has 0 saturated heterocycles. The Morgan fingerprint density at radius 2 is 2.14 bits per heavy atom. The van der Waals surface area contributed by atoms with Crippen LogP contribution in [0.5, 0.6) is 0 Å². The minimum atomic E-state index is 0.303. The number of aryl methyl sites for hydroxylation is 1. The first-order chi connectivity index (χ1) is 10.7. The molecular formula is C16H22N6. The van der Waals surface area contributed by atoms with Crippen molar-refractivity contribution in [1.29, 1.82) is 0 Å². The molecule has 2 heterocycles. The zero-order valence-electron chi connectivity index (χ0n) is 12.6. The second-order valence-electron chi connectivity index (χ2n) is 5.86. The van der Waals surface area contributed by atoms with Gasteiger partial charge in [0, 0.05) is 37.0 Å². The lowest BCUT2D eigenvalue weighted by molar-refractivity contribution is 0.345. The first-order valence-electron chi connectivity index (χ1n) is 7.73. The first-order valence-corrected chi connectivity index (χ1v) is 7.73. The van der Waals surface area contributed by atoms with Crippen molar-refractivity contribution in [3.63, 3.8) is 0 Å². The van der Waals surface area contributed by atoms with Crippen molar-refractivity contribution >= 4 is 11.8 Å². The Morgan fingerprint density at radius 1 is 1.27 bits per heavy atom. The van der Waals surface area contributed by atoms with Gasteiger partial charge < -0.3 is 16.8 Å². The van der Waals surface area contributed by atoms with E-state index in [1.54, 1.807) is 6.20 Å². The SMILES string of the molecule is Nc1nc(NCCCc2cccnc2)cc(C2CC(N)C2)n1. The lowest BCUT2D eigenvalue weighted by Crippen LogP contribution is -2.35. The van der Waals surface area contributed by atoms with Crippen LogP contribution in [0.25, 0.3) is 0 Å². The van der Waals surface area contributed by atoms with Crippen molar-refractivity contribution in [2.75, 3.05) is 17.6 Å². The van der Waals surface area contributed by atoms with E-state index in [0.29, 0.717) is 17.9 Å². The number of aromatic nitrogens is 3. The second-order valence-corrected chi connectivity index (χ2v) is 5.86. The lowest BCUT2D eigenvalue weighted by Gasteiger charge is -2.32. The maximum absolute atomic E-state index is 5.84. The van der Waals surface area contributed by atoms with Crippen molar-refractivity contribution in [2.45, 2.75) is 37.6 Å². The van der Waals surface area contributed by atoms with Crippen molar-refractivity contribution in [1.82, 2.24) is 15.0 Å². The van der Waals surface area contributed by atoms with Crippen LogP contribution in [0.15, 0.2) is 30.6 Å². The van der Waals surface area contributed by atoms with Gasteiger partial charge in [0.1, 0.15) is 5.82 Å². The number of hydrogen-bond donors (Lipinski definition) is 3. The normalized spacial score (nSPS) is 20.4. The van der Waals surface area contributed by atoms with Gasteiger partial charge in [0.15, 0.2) is 0 Å². The average molecular weight is 298 g/mol. The Bertz CT molecular complexity index is 609. The van der Waals surface area contributed by atoms with E-state index in [-0.39, 0.29) is 0 Å². The van der Waals surface area contributed by atoms with Gasteiger partial charge in [-0.05, 0) is 37.3 Å². The molecule has 3 rings (SSSR count). The summed E-state index contributed by atoms with van der Waals surface area (Å²) in [6.07, 6.45) is 7.67. The highest BCUT2D eigenvalue weighted by atomic mass is 15.1. The van der Waals surface area contributed by atoms with E-state index < -0.39 is 0 Å². The van der Waals surface area contributed by atoms with E-state index in [1.807, 2.05) is 18.3 Å². The van der Waals surface area contributed by atoms with Crippen molar-refractivity contribution in [3.05, 3.63) is 41.9 Å². The topological polar surface area (TPSA) is 103 Å². The summed E-state index contributed by atoms with van der Waals surface area (Å²) in [5.41, 5.74) is 13.9. The van der Waals surface area contributed by atoms with Crippen LogP contribution in [0.2, 0.25) is 0 Å². The molecule has 2 aromatic heterocycles.